The fraction of sp³-hybridized carbons (Fsp3) is 0.556. The zero-order chi connectivity index (χ0) is 14.8. The molecule has 0 atom stereocenters. The summed E-state index contributed by atoms with van der Waals surface area (Å²) in [6, 6.07) is 8.67. The Bertz CT molecular complexity index is 529. The lowest BCUT2D eigenvalue weighted by Crippen LogP contribution is -2.43. The van der Waals surface area contributed by atoms with Gasteiger partial charge in [-0.2, -0.15) is 0 Å². The molecule has 20 heavy (non-hydrogen) atoms. The summed E-state index contributed by atoms with van der Waals surface area (Å²) in [6.45, 7) is 10.1. The molecule has 0 spiro atoms. The third-order valence-corrected chi connectivity index (χ3v) is 5.17. The first-order valence-electron chi connectivity index (χ1n) is 7.86. The molecule has 0 radical (unpaired) electrons. The van der Waals surface area contributed by atoms with E-state index in [1.807, 2.05) is 0 Å². The van der Waals surface area contributed by atoms with E-state index in [1.54, 1.807) is 0 Å². The summed E-state index contributed by atoms with van der Waals surface area (Å²) in [5, 5.41) is 5.20. The van der Waals surface area contributed by atoms with Crippen LogP contribution in [0, 0.1) is 6.92 Å². The maximum absolute atomic E-state index is 3.82. The average Bonchev–Trinajstić information content (AvgIpc) is 2.74. The Kier molecular flexibility index (Phi) is 4.54. The van der Waals surface area contributed by atoms with Crippen molar-refractivity contribution in [3.05, 3.63) is 35.5 Å². The predicted molar refractivity (Wildman–Crippen MR) is 88.1 cm³/mol. The number of fused-ring (bicyclic) bond motifs is 1. The molecule has 0 amide bonds. The molecule has 2 rings (SSSR count). The van der Waals surface area contributed by atoms with Crippen LogP contribution < -0.4 is 5.32 Å². The van der Waals surface area contributed by atoms with E-state index in [1.165, 1.54) is 41.4 Å². The van der Waals surface area contributed by atoms with Crippen molar-refractivity contribution in [1.82, 2.24) is 9.88 Å². The summed E-state index contributed by atoms with van der Waals surface area (Å²) in [5.74, 6) is 0. The molecule has 0 aliphatic carbocycles. The fourth-order valence-corrected chi connectivity index (χ4v) is 3.28. The van der Waals surface area contributed by atoms with Crippen molar-refractivity contribution in [2.75, 3.05) is 0 Å². The topological polar surface area (TPSA) is 17.0 Å². The quantitative estimate of drug-likeness (QED) is 0.816. The Balaban J connectivity index is 2.30. The second-order valence-corrected chi connectivity index (χ2v) is 5.84. The zero-order valence-electron chi connectivity index (χ0n) is 13.6. The van der Waals surface area contributed by atoms with Crippen LogP contribution in [0.4, 0.5) is 0 Å². The van der Waals surface area contributed by atoms with Gasteiger partial charge < -0.3 is 9.88 Å². The number of hydrogen-bond acceptors (Lipinski definition) is 1. The molecular weight excluding hydrogens is 244 g/mol. The van der Waals surface area contributed by atoms with E-state index in [0.29, 0.717) is 0 Å². The van der Waals surface area contributed by atoms with Gasteiger partial charge >= 0.3 is 0 Å². The maximum atomic E-state index is 3.82. The third kappa shape index (κ3) is 2.49. The molecule has 1 aromatic heterocycles. The summed E-state index contributed by atoms with van der Waals surface area (Å²) in [5.41, 5.74) is 4.43. The smallest absolute Gasteiger partial charge is 0.0483 e. The number of nitrogens with one attached hydrogen (secondary N) is 1. The van der Waals surface area contributed by atoms with Crippen LogP contribution in [0.3, 0.4) is 0 Å². The normalized spacial score (nSPS) is 12.2. The lowest BCUT2D eigenvalue weighted by molar-refractivity contribution is 0.285. The first kappa shape index (κ1) is 15.1. The van der Waals surface area contributed by atoms with Crippen molar-refractivity contribution in [1.29, 1.82) is 0 Å². The van der Waals surface area contributed by atoms with Crippen molar-refractivity contribution >= 4 is 10.9 Å². The van der Waals surface area contributed by atoms with Gasteiger partial charge in [-0.25, -0.2) is 0 Å². The Morgan fingerprint density at radius 2 is 1.65 bits per heavy atom. The summed E-state index contributed by atoms with van der Waals surface area (Å²) in [6.07, 6.45) is 3.55. The standard InChI is InChI=1S/C18H28N2/c1-6-18(7-2,8-3)19-13-17-14(4)15-11-9-10-12-16(15)20(17)5/h9-12,19H,6-8,13H2,1-5H3. The molecule has 0 saturated carbocycles. The van der Waals surface area contributed by atoms with Gasteiger partial charge in [-0.1, -0.05) is 39.0 Å². The Morgan fingerprint density at radius 1 is 1.05 bits per heavy atom. The summed E-state index contributed by atoms with van der Waals surface area (Å²) in [7, 11) is 2.18. The second-order valence-electron chi connectivity index (χ2n) is 5.84. The van der Waals surface area contributed by atoms with Gasteiger partial charge in [0.05, 0.1) is 0 Å². The molecular formula is C18H28N2. The third-order valence-electron chi connectivity index (χ3n) is 5.17. The van der Waals surface area contributed by atoms with Gasteiger partial charge in [0.25, 0.3) is 0 Å². The summed E-state index contributed by atoms with van der Waals surface area (Å²) >= 11 is 0. The number of rotatable bonds is 6. The van der Waals surface area contributed by atoms with Crippen LogP contribution in [0.25, 0.3) is 10.9 Å². The van der Waals surface area contributed by atoms with Crippen molar-refractivity contribution in [2.45, 2.75) is 59.0 Å². The maximum Gasteiger partial charge on any atom is 0.0483 e. The van der Waals surface area contributed by atoms with Crippen LogP contribution >= 0.6 is 0 Å². The van der Waals surface area contributed by atoms with Gasteiger partial charge in [0.15, 0.2) is 0 Å². The number of nitrogens with zero attached hydrogens (tertiary/aromatic N) is 1. The molecule has 110 valence electrons. The minimum absolute atomic E-state index is 0.281. The van der Waals surface area contributed by atoms with Crippen molar-refractivity contribution in [3.63, 3.8) is 0 Å². The van der Waals surface area contributed by atoms with Gasteiger partial charge in [0.1, 0.15) is 0 Å². The molecule has 1 heterocycles. The summed E-state index contributed by atoms with van der Waals surface area (Å²) < 4.78 is 2.34. The van der Waals surface area contributed by atoms with E-state index < -0.39 is 0 Å². The molecule has 0 unspecified atom stereocenters. The van der Waals surface area contributed by atoms with E-state index in [-0.39, 0.29) is 5.54 Å². The molecule has 2 aromatic rings. The van der Waals surface area contributed by atoms with Crippen molar-refractivity contribution in [2.24, 2.45) is 7.05 Å². The van der Waals surface area contributed by atoms with Gasteiger partial charge in [-0.05, 0) is 37.8 Å². The van der Waals surface area contributed by atoms with E-state index >= 15 is 0 Å². The predicted octanol–water partition coefficient (Wildman–Crippen LogP) is 4.55. The summed E-state index contributed by atoms with van der Waals surface area (Å²) in [4.78, 5) is 0. The number of benzene rings is 1. The van der Waals surface area contributed by atoms with Gasteiger partial charge in [-0.15, -0.1) is 0 Å². The SMILES string of the molecule is CCC(CC)(CC)NCc1c(C)c2ccccc2n1C. The Labute approximate surface area is 123 Å². The first-order valence-corrected chi connectivity index (χ1v) is 7.86. The molecule has 0 bridgehead atoms. The monoisotopic (exact) mass is 272 g/mol. The van der Waals surface area contributed by atoms with Crippen LogP contribution in [-0.4, -0.2) is 10.1 Å². The number of para-hydroxylation sites is 1. The van der Waals surface area contributed by atoms with Crippen LogP contribution in [0.2, 0.25) is 0 Å². The highest BCUT2D eigenvalue weighted by Crippen LogP contribution is 2.26. The van der Waals surface area contributed by atoms with E-state index in [9.17, 15) is 0 Å². The van der Waals surface area contributed by atoms with Crippen LogP contribution in [0.15, 0.2) is 24.3 Å². The number of aromatic nitrogens is 1. The Hall–Kier alpha value is -1.28. The van der Waals surface area contributed by atoms with Gasteiger partial charge in [0, 0.05) is 35.7 Å². The number of aryl methyl sites for hydroxylation is 2. The molecule has 0 aliphatic rings. The first-order chi connectivity index (χ1) is 9.58. The van der Waals surface area contributed by atoms with Crippen LogP contribution in [-0.2, 0) is 13.6 Å². The molecule has 1 N–H and O–H groups in total. The van der Waals surface area contributed by atoms with E-state index in [0.717, 1.165) is 6.54 Å². The minimum atomic E-state index is 0.281. The minimum Gasteiger partial charge on any atom is -0.346 e. The number of hydrogen-bond donors (Lipinski definition) is 1. The van der Waals surface area contributed by atoms with Gasteiger partial charge in [-0.3, -0.25) is 0 Å². The average molecular weight is 272 g/mol. The molecule has 2 nitrogen and oxygen atoms in total. The lowest BCUT2D eigenvalue weighted by Gasteiger charge is -2.32. The van der Waals surface area contributed by atoms with Crippen molar-refractivity contribution < 1.29 is 0 Å². The lowest BCUT2D eigenvalue weighted by atomic mass is 9.89. The highest BCUT2D eigenvalue weighted by atomic mass is 15.0. The van der Waals surface area contributed by atoms with E-state index in [2.05, 4.69) is 68.9 Å². The largest absolute Gasteiger partial charge is 0.346 e. The molecule has 2 heteroatoms. The van der Waals surface area contributed by atoms with Crippen LogP contribution in [0.5, 0.6) is 0 Å². The molecule has 1 aromatic carbocycles. The molecule has 0 fully saturated rings. The van der Waals surface area contributed by atoms with Crippen LogP contribution in [0.1, 0.15) is 51.3 Å². The highest BCUT2D eigenvalue weighted by molar-refractivity contribution is 5.85. The fourth-order valence-electron chi connectivity index (χ4n) is 3.28. The second kappa shape index (κ2) is 6.01. The molecule has 0 aliphatic heterocycles. The van der Waals surface area contributed by atoms with Crippen molar-refractivity contribution in [3.8, 4) is 0 Å². The van der Waals surface area contributed by atoms with Gasteiger partial charge in [0.2, 0.25) is 0 Å². The highest BCUT2D eigenvalue weighted by Gasteiger charge is 2.23. The zero-order valence-corrected chi connectivity index (χ0v) is 13.6. The van der Waals surface area contributed by atoms with E-state index in [4.69, 9.17) is 0 Å². The molecule has 0 saturated heterocycles. The Morgan fingerprint density at radius 3 is 2.20 bits per heavy atom.